The van der Waals surface area contributed by atoms with Gasteiger partial charge in [0.1, 0.15) is 16.4 Å². The monoisotopic (exact) mass is 468 g/mol. The van der Waals surface area contributed by atoms with Crippen LogP contribution < -0.4 is 5.69 Å². The van der Waals surface area contributed by atoms with Crippen molar-refractivity contribution in [2.24, 2.45) is 0 Å². The van der Waals surface area contributed by atoms with Crippen molar-refractivity contribution < 1.29 is 18.6 Å². The molecule has 0 aliphatic heterocycles. The van der Waals surface area contributed by atoms with E-state index in [9.17, 15) is 23.4 Å². The minimum atomic E-state index is -4.21. The van der Waals surface area contributed by atoms with Crippen molar-refractivity contribution in [2.45, 2.75) is 18.4 Å². The van der Waals surface area contributed by atoms with E-state index in [4.69, 9.17) is 0 Å². The van der Waals surface area contributed by atoms with Gasteiger partial charge in [-0.1, -0.05) is 18.2 Å². The summed E-state index contributed by atoms with van der Waals surface area (Å²) in [6.07, 6.45) is 4.33. The molecule has 2 heterocycles. The van der Waals surface area contributed by atoms with Gasteiger partial charge in [-0.2, -0.15) is 9.40 Å². The predicted octanol–water partition coefficient (Wildman–Crippen LogP) is 1.56. The number of rotatable bonds is 6. The van der Waals surface area contributed by atoms with Crippen molar-refractivity contribution in [1.29, 1.82) is 0 Å². The number of aryl methyl sites for hydroxylation is 1. The fourth-order valence-corrected chi connectivity index (χ4v) is 4.58. The van der Waals surface area contributed by atoms with Gasteiger partial charge in [0.05, 0.1) is 23.5 Å². The largest absolute Gasteiger partial charge is 0.507 e. The van der Waals surface area contributed by atoms with Crippen molar-refractivity contribution in [2.75, 3.05) is 7.05 Å². The number of H-pyrrole nitrogens is 1. The number of aromatic nitrogens is 5. The van der Waals surface area contributed by atoms with Crippen LogP contribution in [0.4, 0.5) is 0 Å². The van der Waals surface area contributed by atoms with Gasteiger partial charge in [0.2, 0.25) is 10.0 Å². The van der Waals surface area contributed by atoms with Crippen molar-refractivity contribution in [1.82, 2.24) is 29.0 Å². The molecule has 0 bridgehead atoms. The third-order valence-corrected chi connectivity index (χ3v) is 6.87. The first kappa shape index (κ1) is 22.2. The van der Waals surface area contributed by atoms with Crippen LogP contribution in [0.15, 0.2) is 64.7 Å². The molecular formula is C21H20N6O5S. The SMILES string of the molecule is Cc1ccccc1-n1c(-c2cc(S(=O)(=O)N(C)Cc3cnccn3)c(O)cc2O)n[nH]c1=O. The molecule has 0 radical (unpaired) electrons. The zero-order valence-electron chi connectivity index (χ0n) is 17.7. The Morgan fingerprint density at radius 3 is 2.58 bits per heavy atom. The molecule has 33 heavy (non-hydrogen) atoms. The highest BCUT2D eigenvalue weighted by atomic mass is 32.2. The van der Waals surface area contributed by atoms with Crippen LogP contribution in [-0.2, 0) is 16.6 Å². The molecule has 4 aromatic rings. The number of aromatic amines is 1. The second-order valence-corrected chi connectivity index (χ2v) is 9.28. The number of nitrogens with zero attached hydrogens (tertiary/aromatic N) is 5. The highest BCUT2D eigenvalue weighted by Gasteiger charge is 2.28. The number of aromatic hydroxyl groups is 2. The number of sulfonamides is 1. The second-order valence-electron chi connectivity index (χ2n) is 7.27. The molecule has 0 spiro atoms. The van der Waals surface area contributed by atoms with Crippen LogP contribution in [0, 0.1) is 6.92 Å². The van der Waals surface area contributed by atoms with Gasteiger partial charge in [-0.3, -0.25) is 9.97 Å². The van der Waals surface area contributed by atoms with Crippen LogP contribution in [-0.4, -0.2) is 54.7 Å². The summed E-state index contributed by atoms with van der Waals surface area (Å²) < 4.78 is 28.6. The summed E-state index contributed by atoms with van der Waals surface area (Å²) in [6.45, 7) is 1.70. The Kier molecular flexibility index (Phi) is 5.70. The summed E-state index contributed by atoms with van der Waals surface area (Å²) >= 11 is 0. The van der Waals surface area contributed by atoms with Crippen molar-refractivity contribution in [3.8, 4) is 28.6 Å². The van der Waals surface area contributed by atoms with Crippen LogP contribution in [0.3, 0.4) is 0 Å². The predicted molar refractivity (Wildman–Crippen MR) is 118 cm³/mol. The van der Waals surface area contributed by atoms with E-state index in [1.807, 2.05) is 0 Å². The number of benzene rings is 2. The smallest absolute Gasteiger partial charge is 0.348 e. The molecule has 12 heteroatoms. The summed E-state index contributed by atoms with van der Waals surface area (Å²) in [5.41, 5.74) is 1.04. The molecule has 170 valence electrons. The molecule has 0 fully saturated rings. The minimum Gasteiger partial charge on any atom is -0.507 e. The molecule has 2 aromatic heterocycles. The van der Waals surface area contributed by atoms with Gasteiger partial charge in [0.15, 0.2) is 5.82 Å². The lowest BCUT2D eigenvalue weighted by atomic mass is 10.1. The van der Waals surface area contributed by atoms with E-state index in [-0.39, 0.29) is 17.9 Å². The van der Waals surface area contributed by atoms with E-state index in [2.05, 4.69) is 20.2 Å². The number of phenols is 2. The maximum atomic E-state index is 13.2. The standard InChI is InChI=1S/C21H20N6O5S/c1-13-5-3-4-6-16(13)27-20(24-25-21(27)30)15-9-19(18(29)10-17(15)28)33(31,32)26(2)12-14-11-22-7-8-23-14/h3-11,28-29H,12H2,1-2H3,(H,25,30). The number of para-hydroxylation sites is 1. The average Bonchev–Trinajstić information content (AvgIpc) is 3.15. The lowest BCUT2D eigenvalue weighted by Gasteiger charge is -2.18. The Morgan fingerprint density at radius 1 is 1.12 bits per heavy atom. The second kappa shape index (κ2) is 8.48. The van der Waals surface area contributed by atoms with Crippen LogP contribution in [0.5, 0.6) is 11.5 Å². The Balaban J connectivity index is 1.83. The highest BCUT2D eigenvalue weighted by molar-refractivity contribution is 7.89. The zero-order chi connectivity index (χ0) is 23.8. The normalized spacial score (nSPS) is 11.7. The summed E-state index contributed by atoms with van der Waals surface area (Å²) in [5, 5.41) is 27.2. The molecule has 11 nitrogen and oxygen atoms in total. The Morgan fingerprint density at radius 2 is 1.88 bits per heavy atom. The molecule has 0 atom stereocenters. The van der Waals surface area contributed by atoms with Gasteiger partial charge >= 0.3 is 5.69 Å². The van der Waals surface area contributed by atoms with E-state index in [1.165, 1.54) is 30.2 Å². The number of hydrogen-bond acceptors (Lipinski definition) is 8. The highest BCUT2D eigenvalue weighted by Crippen LogP contribution is 2.37. The van der Waals surface area contributed by atoms with Gasteiger partial charge in [-0.15, -0.1) is 0 Å². The van der Waals surface area contributed by atoms with Crippen LogP contribution in [0.1, 0.15) is 11.3 Å². The molecule has 0 aliphatic carbocycles. The summed E-state index contributed by atoms with van der Waals surface area (Å²) in [4.78, 5) is 20.0. The average molecular weight is 468 g/mol. The lowest BCUT2D eigenvalue weighted by Crippen LogP contribution is -2.27. The Hall–Kier alpha value is -4.03. The van der Waals surface area contributed by atoms with Crippen LogP contribution in [0.2, 0.25) is 0 Å². The third-order valence-electron chi connectivity index (χ3n) is 5.04. The molecule has 2 aromatic carbocycles. The first-order chi connectivity index (χ1) is 15.7. The van der Waals surface area contributed by atoms with Gasteiger partial charge < -0.3 is 10.2 Å². The van der Waals surface area contributed by atoms with Crippen LogP contribution in [0.25, 0.3) is 17.1 Å². The van der Waals surface area contributed by atoms with Crippen molar-refractivity contribution in [3.63, 3.8) is 0 Å². The number of hydrogen-bond donors (Lipinski definition) is 3. The summed E-state index contributed by atoms with van der Waals surface area (Å²) in [6, 6.07) is 9.02. The molecule has 0 saturated heterocycles. The van der Waals surface area contributed by atoms with Gasteiger partial charge in [-0.05, 0) is 24.6 Å². The number of nitrogens with one attached hydrogen (secondary N) is 1. The molecule has 4 rings (SSSR count). The molecule has 3 N–H and O–H groups in total. The van der Waals surface area contributed by atoms with E-state index in [0.29, 0.717) is 11.4 Å². The van der Waals surface area contributed by atoms with Crippen molar-refractivity contribution >= 4 is 10.0 Å². The van der Waals surface area contributed by atoms with E-state index in [0.717, 1.165) is 22.0 Å². The molecule has 0 unspecified atom stereocenters. The fraction of sp³-hybridized carbons (Fsp3) is 0.143. The van der Waals surface area contributed by atoms with Crippen LogP contribution >= 0.6 is 0 Å². The maximum Gasteiger partial charge on any atom is 0.348 e. The fourth-order valence-electron chi connectivity index (χ4n) is 3.35. The summed E-state index contributed by atoms with van der Waals surface area (Å²) in [7, 11) is -2.89. The first-order valence-electron chi connectivity index (χ1n) is 9.71. The molecule has 0 aliphatic rings. The number of phenolic OH excluding ortho intramolecular Hbond substituents is 2. The first-order valence-corrected chi connectivity index (χ1v) is 11.1. The Labute approximate surface area is 188 Å². The quantitative estimate of drug-likeness (QED) is 0.385. The van der Waals surface area contributed by atoms with E-state index in [1.54, 1.807) is 31.2 Å². The maximum absolute atomic E-state index is 13.2. The molecule has 0 amide bonds. The summed E-state index contributed by atoms with van der Waals surface area (Å²) in [5.74, 6) is -1.11. The van der Waals surface area contributed by atoms with Gasteiger partial charge in [-0.25, -0.2) is 22.9 Å². The molecular weight excluding hydrogens is 448 g/mol. The molecule has 0 saturated carbocycles. The topological polar surface area (TPSA) is 154 Å². The van der Waals surface area contributed by atoms with Crippen molar-refractivity contribution in [3.05, 3.63) is 76.7 Å². The van der Waals surface area contributed by atoms with Gasteiger partial charge in [0, 0.05) is 31.7 Å². The third kappa shape index (κ3) is 4.08. The van der Waals surface area contributed by atoms with E-state index < -0.39 is 32.1 Å². The Bertz CT molecular complexity index is 1480. The lowest BCUT2D eigenvalue weighted by molar-refractivity contribution is 0.428. The van der Waals surface area contributed by atoms with E-state index >= 15 is 0 Å². The minimum absolute atomic E-state index is 0.0140. The zero-order valence-corrected chi connectivity index (χ0v) is 18.5. The van der Waals surface area contributed by atoms with Gasteiger partial charge in [0.25, 0.3) is 0 Å².